The smallest absolute Gasteiger partial charge is 0.291 e. The second-order valence-electron chi connectivity index (χ2n) is 5.86. The van der Waals surface area contributed by atoms with Crippen molar-refractivity contribution in [2.24, 2.45) is 0 Å². The third-order valence-electron chi connectivity index (χ3n) is 4.10. The molecular weight excluding hydrogens is 358 g/mol. The van der Waals surface area contributed by atoms with Crippen molar-refractivity contribution in [3.63, 3.8) is 0 Å². The van der Waals surface area contributed by atoms with Crippen LogP contribution in [0.4, 0.5) is 5.69 Å². The fourth-order valence-electron chi connectivity index (χ4n) is 2.71. The molecule has 138 valence electrons. The van der Waals surface area contributed by atoms with E-state index in [-0.39, 0.29) is 16.8 Å². The van der Waals surface area contributed by atoms with E-state index in [1.807, 2.05) is 0 Å². The van der Waals surface area contributed by atoms with Crippen LogP contribution < -0.4 is 10.0 Å². The molecule has 0 unspecified atom stereocenters. The number of carbonyl (C=O) groups excluding carboxylic acids is 2. The molecule has 2 amide bonds. The number of anilines is 1. The molecule has 0 saturated carbocycles. The molecule has 9 heteroatoms. The Balaban J connectivity index is 1.74. The van der Waals surface area contributed by atoms with Gasteiger partial charge < -0.3 is 14.6 Å². The number of sulfonamides is 1. The lowest BCUT2D eigenvalue weighted by atomic mass is 10.1. The van der Waals surface area contributed by atoms with E-state index in [1.54, 1.807) is 29.2 Å². The highest BCUT2D eigenvalue weighted by Crippen LogP contribution is 2.18. The van der Waals surface area contributed by atoms with E-state index >= 15 is 0 Å². The minimum atomic E-state index is -3.76. The van der Waals surface area contributed by atoms with Crippen LogP contribution in [0.1, 0.15) is 33.8 Å². The van der Waals surface area contributed by atoms with Crippen LogP contribution in [0, 0.1) is 0 Å². The van der Waals surface area contributed by atoms with Gasteiger partial charge in [0.15, 0.2) is 5.76 Å². The van der Waals surface area contributed by atoms with Gasteiger partial charge in [-0.05, 0) is 50.2 Å². The SMILES string of the molecule is CNS(=O)(=O)c1ccc(C(=O)Nc2cccc(C(=O)N3CCCC3)c2)o1. The van der Waals surface area contributed by atoms with Crippen molar-refractivity contribution in [2.45, 2.75) is 17.9 Å². The maximum Gasteiger partial charge on any atom is 0.291 e. The lowest BCUT2D eigenvalue weighted by Gasteiger charge is -2.15. The minimum absolute atomic E-state index is 0.0704. The van der Waals surface area contributed by atoms with Gasteiger partial charge in [-0.15, -0.1) is 0 Å². The quantitative estimate of drug-likeness (QED) is 0.824. The number of furan rings is 1. The summed E-state index contributed by atoms with van der Waals surface area (Å²) in [5.74, 6) is -0.817. The molecule has 1 fully saturated rings. The predicted molar refractivity (Wildman–Crippen MR) is 94.5 cm³/mol. The largest absolute Gasteiger partial charge is 0.438 e. The standard InChI is InChI=1S/C17H19N3O5S/c1-18-26(23,24)15-8-7-14(25-15)16(21)19-13-6-4-5-12(11-13)17(22)20-9-2-3-10-20/h4-8,11,18H,2-3,9-10H2,1H3,(H,19,21). The van der Waals surface area contributed by atoms with E-state index in [2.05, 4.69) is 10.0 Å². The first-order valence-electron chi connectivity index (χ1n) is 8.15. The molecule has 1 aliphatic heterocycles. The van der Waals surface area contributed by atoms with Crippen molar-refractivity contribution in [2.75, 3.05) is 25.5 Å². The first-order valence-corrected chi connectivity index (χ1v) is 9.63. The molecule has 8 nitrogen and oxygen atoms in total. The fourth-order valence-corrected chi connectivity index (χ4v) is 3.36. The van der Waals surface area contributed by atoms with Crippen LogP contribution in [0.3, 0.4) is 0 Å². The Morgan fingerprint density at radius 1 is 1.12 bits per heavy atom. The number of hydrogen-bond donors (Lipinski definition) is 2. The van der Waals surface area contributed by atoms with Crippen molar-refractivity contribution >= 4 is 27.5 Å². The van der Waals surface area contributed by atoms with Gasteiger partial charge in [-0.3, -0.25) is 9.59 Å². The summed E-state index contributed by atoms with van der Waals surface area (Å²) >= 11 is 0. The van der Waals surface area contributed by atoms with E-state index in [9.17, 15) is 18.0 Å². The van der Waals surface area contributed by atoms with Crippen LogP contribution in [0.2, 0.25) is 0 Å². The lowest BCUT2D eigenvalue weighted by Crippen LogP contribution is -2.27. The van der Waals surface area contributed by atoms with Gasteiger partial charge in [0.1, 0.15) is 0 Å². The molecule has 1 aromatic carbocycles. The summed E-state index contributed by atoms with van der Waals surface area (Å²) in [6.45, 7) is 1.48. The summed E-state index contributed by atoms with van der Waals surface area (Å²) < 4.78 is 30.5. The number of nitrogens with one attached hydrogen (secondary N) is 2. The molecule has 3 rings (SSSR count). The van der Waals surface area contributed by atoms with E-state index in [0.29, 0.717) is 11.3 Å². The third-order valence-corrected chi connectivity index (χ3v) is 5.39. The molecule has 26 heavy (non-hydrogen) atoms. The zero-order chi connectivity index (χ0) is 18.7. The number of benzene rings is 1. The third kappa shape index (κ3) is 3.78. The number of likely N-dealkylation sites (tertiary alicyclic amines) is 1. The van der Waals surface area contributed by atoms with Crippen molar-refractivity contribution < 1.29 is 22.4 Å². The highest BCUT2D eigenvalue weighted by Gasteiger charge is 2.21. The summed E-state index contributed by atoms with van der Waals surface area (Å²) in [6.07, 6.45) is 2.00. The Kier molecular flexibility index (Phi) is 5.10. The van der Waals surface area contributed by atoms with Crippen LogP contribution in [0.25, 0.3) is 0 Å². The van der Waals surface area contributed by atoms with Gasteiger partial charge in [0.05, 0.1) is 0 Å². The molecule has 1 saturated heterocycles. The average molecular weight is 377 g/mol. The Bertz CT molecular complexity index is 929. The summed E-state index contributed by atoms with van der Waals surface area (Å²) in [5.41, 5.74) is 0.914. The zero-order valence-corrected chi connectivity index (χ0v) is 15.0. The summed E-state index contributed by atoms with van der Waals surface area (Å²) in [7, 11) is -2.51. The first kappa shape index (κ1) is 18.2. The maximum atomic E-state index is 12.4. The summed E-state index contributed by atoms with van der Waals surface area (Å²) in [4.78, 5) is 26.5. The minimum Gasteiger partial charge on any atom is -0.438 e. The van der Waals surface area contributed by atoms with E-state index in [4.69, 9.17) is 4.42 Å². The van der Waals surface area contributed by atoms with Crippen LogP contribution in [-0.4, -0.2) is 45.3 Å². The van der Waals surface area contributed by atoms with E-state index in [0.717, 1.165) is 25.9 Å². The summed E-state index contributed by atoms with van der Waals surface area (Å²) in [6, 6.07) is 9.09. The molecule has 2 heterocycles. The van der Waals surface area contributed by atoms with E-state index in [1.165, 1.54) is 19.2 Å². The highest BCUT2D eigenvalue weighted by molar-refractivity contribution is 7.89. The number of nitrogens with zero attached hydrogens (tertiary/aromatic N) is 1. The highest BCUT2D eigenvalue weighted by atomic mass is 32.2. The van der Waals surface area contributed by atoms with Gasteiger partial charge in [-0.2, -0.15) is 0 Å². The Labute approximate surface area is 151 Å². The van der Waals surface area contributed by atoms with Crippen LogP contribution in [0.5, 0.6) is 0 Å². The van der Waals surface area contributed by atoms with Gasteiger partial charge >= 0.3 is 0 Å². The number of carbonyl (C=O) groups is 2. The van der Waals surface area contributed by atoms with Crippen molar-refractivity contribution in [1.29, 1.82) is 0 Å². The number of hydrogen-bond acceptors (Lipinski definition) is 5. The zero-order valence-electron chi connectivity index (χ0n) is 14.2. The van der Waals surface area contributed by atoms with Crippen LogP contribution in [0.15, 0.2) is 45.9 Å². The molecule has 0 bridgehead atoms. The second-order valence-corrected chi connectivity index (χ2v) is 7.68. The second kappa shape index (κ2) is 7.30. The molecule has 1 aromatic heterocycles. The Morgan fingerprint density at radius 3 is 2.54 bits per heavy atom. The molecular formula is C17H19N3O5S. The average Bonchev–Trinajstić information content (AvgIpc) is 3.33. The normalized spacial score (nSPS) is 14.4. The van der Waals surface area contributed by atoms with Gasteiger partial charge in [0.25, 0.3) is 21.8 Å². The topological polar surface area (TPSA) is 109 Å². The molecule has 0 atom stereocenters. The molecule has 0 spiro atoms. The van der Waals surface area contributed by atoms with Crippen molar-refractivity contribution in [3.8, 4) is 0 Å². The molecule has 0 radical (unpaired) electrons. The van der Waals surface area contributed by atoms with Crippen molar-refractivity contribution in [3.05, 3.63) is 47.7 Å². The Hall–Kier alpha value is -2.65. The van der Waals surface area contributed by atoms with Crippen LogP contribution >= 0.6 is 0 Å². The van der Waals surface area contributed by atoms with Gasteiger partial charge in [-0.25, -0.2) is 13.1 Å². The first-order chi connectivity index (χ1) is 12.4. The fraction of sp³-hybridized carbons (Fsp3) is 0.294. The lowest BCUT2D eigenvalue weighted by molar-refractivity contribution is 0.0792. The van der Waals surface area contributed by atoms with Gasteiger partial charge in [0.2, 0.25) is 5.09 Å². The molecule has 2 aromatic rings. The molecule has 0 aliphatic carbocycles. The van der Waals surface area contributed by atoms with Gasteiger partial charge in [-0.1, -0.05) is 6.07 Å². The molecule has 2 N–H and O–H groups in total. The number of rotatable bonds is 5. The molecule has 1 aliphatic rings. The van der Waals surface area contributed by atoms with E-state index < -0.39 is 15.9 Å². The predicted octanol–water partition coefficient (Wildman–Crippen LogP) is 1.68. The maximum absolute atomic E-state index is 12.4. The monoisotopic (exact) mass is 377 g/mol. The van der Waals surface area contributed by atoms with Gasteiger partial charge in [0, 0.05) is 24.3 Å². The summed E-state index contributed by atoms with van der Waals surface area (Å²) in [5, 5.41) is 2.26. The Morgan fingerprint density at radius 2 is 1.85 bits per heavy atom. The van der Waals surface area contributed by atoms with Crippen molar-refractivity contribution in [1.82, 2.24) is 9.62 Å². The van der Waals surface area contributed by atoms with Crippen LogP contribution in [-0.2, 0) is 10.0 Å². The number of amides is 2.